The fraction of sp³-hybridized carbons (Fsp3) is 0.357. The summed E-state index contributed by atoms with van der Waals surface area (Å²) in [4.78, 5) is 15.0. The highest BCUT2D eigenvalue weighted by Crippen LogP contribution is 2.18. The number of nitrogen functional groups attached to an aromatic ring is 1. The fourth-order valence-corrected chi connectivity index (χ4v) is 1.97. The Morgan fingerprint density at radius 1 is 1.47 bits per heavy atom. The number of hydrogen-bond acceptors (Lipinski definition) is 3. The minimum atomic E-state index is -0.326. The van der Waals surface area contributed by atoms with Crippen molar-refractivity contribution in [2.75, 3.05) is 12.3 Å². The number of nitrogens with two attached hydrogens (primary N) is 1. The van der Waals surface area contributed by atoms with Crippen molar-refractivity contribution in [1.29, 1.82) is 0 Å². The van der Waals surface area contributed by atoms with Crippen LogP contribution in [0.3, 0.4) is 0 Å². The van der Waals surface area contributed by atoms with Crippen LogP contribution in [-0.4, -0.2) is 28.6 Å². The zero-order valence-corrected chi connectivity index (χ0v) is 10.9. The van der Waals surface area contributed by atoms with Crippen LogP contribution in [0.5, 0.6) is 0 Å². The van der Waals surface area contributed by atoms with Gasteiger partial charge in [0.05, 0.1) is 6.10 Å². The lowest BCUT2D eigenvalue weighted by molar-refractivity contribution is 0.0945. The average Bonchev–Trinajstić information content (AvgIpc) is 2.77. The predicted molar refractivity (Wildman–Crippen MR) is 76.0 cm³/mol. The standard InChI is InChI=1S/C14H19N3O2/c1-9(18)3-2-6-16-14(19)13-8-10-7-11(15)4-5-12(10)17-13/h4-5,7-9,17-18H,2-3,6,15H2,1H3,(H,16,19). The number of aromatic amines is 1. The summed E-state index contributed by atoms with van der Waals surface area (Å²) in [6, 6.07) is 7.27. The van der Waals surface area contributed by atoms with E-state index >= 15 is 0 Å². The molecule has 1 heterocycles. The summed E-state index contributed by atoms with van der Waals surface area (Å²) in [7, 11) is 0. The summed E-state index contributed by atoms with van der Waals surface area (Å²) >= 11 is 0. The quantitative estimate of drug-likeness (QED) is 0.487. The Balaban J connectivity index is 1.97. The van der Waals surface area contributed by atoms with E-state index in [-0.39, 0.29) is 12.0 Å². The van der Waals surface area contributed by atoms with Crippen LogP contribution in [0.15, 0.2) is 24.3 Å². The second-order valence-corrected chi connectivity index (χ2v) is 4.78. The zero-order valence-electron chi connectivity index (χ0n) is 10.9. The predicted octanol–water partition coefficient (Wildman–Crippen LogP) is 1.64. The number of nitrogens with one attached hydrogen (secondary N) is 2. The number of anilines is 1. The van der Waals surface area contributed by atoms with Gasteiger partial charge >= 0.3 is 0 Å². The Morgan fingerprint density at radius 3 is 3.00 bits per heavy atom. The highest BCUT2D eigenvalue weighted by Gasteiger charge is 2.09. The molecule has 1 atom stereocenters. The van der Waals surface area contributed by atoms with Crippen molar-refractivity contribution in [2.24, 2.45) is 0 Å². The number of fused-ring (bicyclic) bond motifs is 1. The second kappa shape index (κ2) is 5.75. The minimum Gasteiger partial charge on any atom is -0.399 e. The normalized spacial score (nSPS) is 12.5. The maximum atomic E-state index is 11.9. The number of hydrogen-bond donors (Lipinski definition) is 4. The molecule has 5 heteroatoms. The van der Waals surface area contributed by atoms with E-state index in [2.05, 4.69) is 10.3 Å². The van der Waals surface area contributed by atoms with Crippen LogP contribution in [0.4, 0.5) is 5.69 Å². The monoisotopic (exact) mass is 261 g/mol. The number of aliphatic hydroxyl groups is 1. The van der Waals surface area contributed by atoms with Crippen molar-refractivity contribution in [3.05, 3.63) is 30.0 Å². The van der Waals surface area contributed by atoms with Crippen LogP contribution < -0.4 is 11.1 Å². The van der Waals surface area contributed by atoms with Crippen molar-refractivity contribution in [1.82, 2.24) is 10.3 Å². The molecule has 0 aliphatic rings. The van der Waals surface area contributed by atoms with Crippen LogP contribution in [0.25, 0.3) is 10.9 Å². The first-order chi connectivity index (χ1) is 9.06. The molecule has 5 nitrogen and oxygen atoms in total. The summed E-state index contributed by atoms with van der Waals surface area (Å²) in [6.07, 6.45) is 1.12. The number of rotatable bonds is 5. The van der Waals surface area contributed by atoms with Gasteiger partial charge in [0.15, 0.2) is 0 Å². The van der Waals surface area contributed by atoms with Crippen LogP contribution in [0, 0.1) is 0 Å². The van der Waals surface area contributed by atoms with E-state index in [1.165, 1.54) is 0 Å². The smallest absolute Gasteiger partial charge is 0.267 e. The van der Waals surface area contributed by atoms with E-state index < -0.39 is 0 Å². The first-order valence-corrected chi connectivity index (χ1v) is 6.41. The van der Waals surface area contributed by atoms with Gasteiger partial charge < -0.3 is 21.1 Å². The number of aromatic nitrogens is 1. The van der Waals surface area contributed by atoms with Crippen LogP contribution in [0.1, 0.15) is 30.3 Å². The molecule has 0 bridgehead atoms. The molecule has 0 saturated heterocycles. The molecule has 102 valence electrons. The summed E-state index contributed by atoms with van der Waals surface area (Å²) in [6.45, 7) is 2.30. The van der Waals surface area contributed by atoms with Gasteiger partial charge in [-0.15, -0.1) is 0 Å². The van der Waals surface area contributed by atoms with Gasteiger partial charge in [-0.1, -0.05) is 0 Å². The Labute approximate surface area is 111 Å². The van der Waals surface area contributed by atoms with Crippen molar-refractivity contribution < 1.29 is 9.90 Å². The number of carbonyl (C=O) groups excluding carboxylic acids is 1. The molecule has 0 aliphatic heterocycles. The van der Waals surface area contributed by atoms with E-state index in [4.69, 9.17) is 10.8 Å². The van der Waals surface area contributed by atoms with Gasteiger partial charge in [-0.3, -0.25) is 4.79 Å². The van der Waals surface area contributed by atoms with Crippen molar-refractivity contribution >= 4 is 22.5 Å². The van der Waals surface area contributed by atoms with Gasteiger partial charge in [0, 0.05) is 23.1 Å². The summed E-state index contributed by atoms with van der Waals surface area (Å²) in [5.74, 6) is -0.139. The second-order valence-electron chi connectivity index (χ2n) is 4.78. The molecule has 2 rings (SSSR count). The molecular weight excluding hydrogens is 242 g/mol. The van der Waals surface area contributed by atoms with Gasteiger partial charge in [0.25, 0.3) is 5.91 Å². The molecule has 0 saturated carbocycles. The third-order valence-corrected chi connectivity index (χ3v) is 2.97. The number of aliphatic hydroxyl groups excluding tert-OH is 1. The Kier molecular flexibility index (Phi) is 4.06. The van der Waals surface area contributed by atoms with E-state index in [1.54, 1.807) is 19.1 Å². The molecule has 1 aromatic heterocycles. The molecule has 0 fully saturated rings. The topological polar surface area (TPSA) is 91.1 Å². The molecule has 1 unspecified atom stereocenters. The van der Waals surface area contributed by atoms with E-state index in [9.17, 15) is 4.79 Å². The van der Waals surface area contributed by atoms with Gasteiger partial charge in [-0.2, -0.15) is 0 Å². The maximum absolute atomic E-state index is 11.9. The first-order valence-electron chi connectivity index (χ1n) is 6.41. The SMILES string of the molecule is CC(O)CCCNC(=O)c1cc2cc(N)ccc2[nH]1. The van der Waals surface area contributed by atoms with E-state index in [0.717, 1.165) is 17.3 Å². The molecule has 5 N–H and O–H groups in total. The molecule has 1 aromatic carbocycles. The molecule has 0 radical (unpaired) electrons. The zero-order chi connectivity index (χ0) is 13.8. The minimum absolute atomic E-state index is 0.139. The van der Waals surface area contributed by atoms with Gasteiger partial charge in [0.1, 0.15) is 5.69 Å². The van der Waals surface area contributed by atoms with Crippen molar-refractivity contribution in [3.8, 4) is 0 Å². The lowest BCUT2D eigenvalue weighted by atomic mass is 10.2. The summed E-state index contributed by atoms with van der Waals surface area (Å²) < 4.78 is 0. The fourth-order valence-electron chi connectivity index (χ4n) is 1.97. The highest BCUT2D eigenvalue weighted by atomic mass is 16.3. The Morgan fingerprint density at radius 2 is 2.26 bits per heavy atom. The first kappa shape index (κ1) is 13.4. The molecular formula is C14H19N3O2. The van der Waals surface area contributed by atoms with Gasteiger partial charge in [-0.05, 0) is 44.0 Å². The third-order valence-electron chi connectivity index (χ3n) is 2.97. The molecule has 2 aromatic rings. The lowest BCUT2D eigenvalue weighted by Crippen LogP contribution is -2.25. The number of carbonyl (C=O) groups is 1. The van der Waals surface area contributed by atoms with Gasteiger partial charge in [0.2, 0.25) is 0 Å². The Hall–Kier alpha value is -2.01. The summed E-state index contributed by atoms with van der Waals surface area (Å²) in [5.41, 5.74) is 7.79. The number of amides is 1. The Bertz CT molecular complexity index is 575. The van der Waals surface area contributed by atoms with Crippen molar-refractivity contribution in [2.45, 2.75) is 25.9 Å². The third kappa shape index (κ3) is 3.48. The maximum Gasteiger partial charge on any atom is 0.267 e. The number of H-pyrrole nitrogens is 1. The summed E-state index contributed by atoms with van der Waals surface area (Å²) in [5, 5.41) is 12.9. The molecule has 1 amide bonds. The van der Waals surface area contributed by atoms with Crippen molar-refractivity contribution in [3.63, 3.8) is 0 Å². The van der Waals surface area contributed by atoms with Crippen LogP contribution >= 0.6 is 0 Å². The lowest BCUT2D eigenvalue weighted by Gasteiger charge is -2.05. The number of benzene rings is 1. The average molecular weight is 261 g/mol. The van der Waals surface area contributed by atoms with Crippen LogP contribution in [-0.2, 0) is 0 Å². The highest BCUT2D eigenvalue weighted by molar-refractivity contribution is 5.98. The van der Waals surface area contributed by atoms with Gasteiger partial charge in [-0.25, -0.2) is 0 Å². The van der Waals surface area contributed by atoms with Crippen LogP contribution in [0.2, 0.25) is 0 Å². The molecule has 19 heavy (non-hydrogen) atoms. The molecule has 0 aliphatic carbocycles. The van der Waals surface area contributed by atoms with E-state index in [1.807, 2.05) is 12.1 Å². The molecule has 0 spiro atoms. The largest absolute Gasteiger partial charge is 0.399 e. The van der Waals surface area contributed by atoms with E-state index in [0.29, 0.717) is 24.3 Å².